The van der Waals surface area contributed by atoms with Gasteiger partial charge < -0.3 is 10.2 Å². The van der Waals surface area contributed by atoms with Crippen LogP contribution in [-0.4, -0.2) is 32.7 Å². The van der Waals surface area contributed by atoms with E-state index < -0.39 is 0 Å². The molecule has 0 bridgehead atoms. The van der Waals surface area contributed by atoms with Gasteiger partial charge >= 0.3 is 0 Å². The summed E-state index contributed by atoms with van der Waals surface area (Å²) in [5.41, 5.74) is 1.83. The van der Waals surface area contributed by atoms with Gasteiger partial charge in [0.25, 0.3) is 0 Å². The summed E-state index contributed by atoms with van der Waals surface area (Å²) in [6.07, 6.45) is 4.68. The number of nitrogens with one attached hydrogen (secondary N) is 1. The van der Waals surface area contributed by atoms with Crippen molar-refractivity contribution in [2.45, 2.75) is 27.2 Å². The molecule has 0 aromatic carbocycles. The van der Waals surface area contributed by atoms with Crippen LogP contribution < -0.4 is 10.2 Å². The predicted molar refractivity (Wildman–Crippen MR) is 105 cm³/mol. The Kier molecular flexibility index (Phi) is 4.23. The van der Waals surface area contributed by atoms with E-state index in [0.29, 0.717) is 16.5 Å². The Balaban J connectivity index is 1.58. The standard InChI is InChI=1S/C19H23ClN6/c1-19(2,3)13-7-9-25(12-13)17-6-4-5-16(23-17)22-14-11-15(20)24-26-10-8-21-18(14)26/h4-6,8,10-11,13H,7,9,12H2,1-3H3,(H,22,23). The van der Waals surface area contributed by atoms with Crippen molar-refractivity contribution in [3.63, 3.8) is 0 Å². The second-order valence-electron chi connectivity index (χ2n) is 7.88. The van der Waals surface area contributed by atoms with Crippen LogP contribution >= 0.6 is 11.6 Å². The predicted octanol–water partition coefficient (Wildman–Crippen LogP) is 4.39. The van der Waals surface area contributed by atoms with Gasteiger partial charge in [-0.2, -0.15) is 5.10 Å². The number of nitrogens with zero attached hydrogens (tertiary/aromatic N) is 5. The van der Waals surface area contributed by atoms with Crippen molar-refractivity contribution >= 4 is 34.6 Å². The van der Waals surface area contributed by atoms with Gasteiger partial charge in [-0.25, -0.2) is 14.5 Å². The maximum atomic E-state index is 6.11. The smallest absolute Gasteiger partial charge is 0.177 e. The van der Waals surface area contributed by atoms with Gasteiger partial charge in [0.15, 0.2) is 10.8 Å². The van der Waals surface area contributed by atoms with Gasteiger partial charge in [0, 0.05) is 31.5 Å². The maximum Gasteiger partial charge on any atom is 0.177 e. The molecule has 1 atom stereocenters. The fraction of sp³-hybridized carbons (Fsp3) is 0.421. The zero-order valence-corrected chi connectivity index (χ0v) is 16.0. The van der Waals surface area contributed by atoms with Gasteiger partial charge in [0.05, 0.1) is 5.69 Å². The summed E-state index contributed by atoms with van der Waals surface area (Å²) in [6, 6.07) is 7.82. The largest absolute Gasteiger partial charge is 0.356 e. The Labute approximate surface area is 158 Å². The number of fused-ring (bicyclic) bond motifs is 1. The van der Waals surface area contributed by atoms with Gasteiger partial charge in [0.2, 0.25) is 0 Å². The van der Waals surface area contributed by atoms with E-state index in [1.54, 1.807) is 23.0 Å². The minimum absolute atomic E-state index is 0.324. The normalized spacial score (nSPS) is 17.8. The van der Waals surface area contributed by atoms with Gasteiger partial charge in [0.1, 0.15) is 11.6 Å². The van der Waals surface area contributed by atoms with Crippen molar-refractivity contribution in [1.82, 2.24) is 19.6 Å². The van der Waals surface area contributed by atoms with Crippen LogP contribution in [0.15, 0.2) is 36.7 Å². The van der Waals surface area contributed by atoms with Crippen LogP contribution in [0.25, 0.3) is 5.65 Å². The van der Waals surface area contributed by atoms with Crippen molar-refractivity contribution in [3.05, 3.63) is 41.8 Å². The average molecular weight is 371 g/mol. The van der Waals surface area contributed by atoms with E-state index in [2.05, 4.69) is 47.1 Å². The van der Waals surface area contributed by atoms with Crippen molar-refractivity contribution < 1.29 is 0 Å². The van der Waals surface area contributed by atoms with E-state index in [1.165, 1.54) is 6.42 Å². The van der Waals surface area contributed by atoms with Gasteiger partial charge in [-0.1, -0.05) is 38.4 Å². The zero-order valence-electron chi connectivity index (χ0n) is 15.3. The molecule has 0 amide bonds. The summed E-state index contributed by atoms with van der Waals surface area (Å²) in [5.74, 6) is 2.46. The Bertz CT molecular complexity index is 929. The summed E-state index contributed by atoms with van der Waals surface area (Å²) in [4.78, 5) is 11.5. The monoisotopic (exact) mass is 370 g/mol. The molecule has 1 aliphatic rings. The first-order valence-electron chi connectivity index (χ1n) is 8.89. The lowest BCUT2D eigenvalue weighted by Gasteiger charge is -2.27. The summed E-state index contributed by atoms with van der Waals surface area (Å²) >= 11 is 6.11. The molecule has 1 aliphatic heterocycles. The SMILES string of the molecule is CC(C)(C)C1CCN(c2cccc(Nc3cc(Cl)nn4ccnc34)n2)C1. The first-order valence-corrected chi connectivity index (χ1v) is 9.27. The Morgan fingerprint density at radius 2 is 2.12 bits per heavy atom. The summed E-state index contributed by atoms with van der Waals surface area (Å²) < 4.78 is 1.66. The van der Waals surface area contributed by atoms with E-state index in [1.807, 2.05) is 12.1 Å². The number of halogens is 1. The van der Waals surface area contributed by atoms with Crippen LogP contribution in [0, 0.1) is 11.3 Å². The van der Waals surface area contributed by atoms with Crippen molar-refractivity contribution in [2.75, 3.05) is 23.3 Å². The lowest BCUT2D eigenvalue weighted by Crippen LogP contribution is -2.26. The molecule has 1 unspecified atom stereocenters. The molecule has 6 nitrogen and oxygen atoms in total. The van der Waals surface area contributed by atoms with Crippen molar-refractivity contribution in [1.29, 1.82) is 0 Å². The highest BCUT2D eigenvalue weighted by Gasteiger charge is 2.32. The minimum atomic E-state index is 0.324. The second-order valence-corrected chi connectivity index (χ2v) is 8.27. The molecule has 0 aliphatic carbocycles. The van der Waals surface area contributed by atoms with E-state index >= 15 is 0 Å². The highest BCUT2D eigenvalue weighted by atomic mass is 35.5. The molecule has 136 valence electrons. The molecular formula is C19H23ClN6. The molecule has 3 aromatic heterocycles. The molecule has 7 heteroatoms. The van der Waals surface area contributed by atoms with Crippen molar-refractivity contribution in [3.8, 4) is 0 Å². The summed E-state index contributed by atoms with van der Waals surface area (Å²) in [7, 11) is 0. The first-order chi connectivity index (χ1) is 12.4. The molecule has 26 heavy (non-hydrogen) atoms. The van der Waals surface area contributed by atoms with E-state index in [4.69, 9.17) is 16.6 Å². The molecule has 0 saturated carbocycles. The molecule has 4 rings (SSSR count). The number of aromatic nitrogens is 4. The van der Waals surface area contributed by atoms with Gasteiger partial charge in [-0.15, -0.1) is 0 Å². The highest BCUT2D eigenvalue weighted by Crippen LogP contribution is 2.35. The van der Waals surface area contributed by atoms with Crippen LogP contribution in [0.5, 0.6) is 0 Å². The third-order valence-corrected chi connectivity index (χ3v) is 5.25. The van der Waals surface area contributed by atoms with Crippen molar-refractivity contribution in [2.24, 2.45) is 11.3 Å². The fourth-order valence-corrected chi connectivity index (χ4v) is 3.65. The molecule has 1 fully saturated rings. The summed E-state index contributed by atoms with van der Waals surface area (Å²) in [6.45, 7) is 9.04. The van der Waals surface area contributed by atoms with E-state index in [0.717, 1.165) is 36.1 Å². The number of hydrogen-bond donors (Lipinski definition) is 1. The van der Waals surface area contributed by atoms with Gasteiger partial charge in [-0.3, -0.25) is 0 Å². The number of imidazole rings is 1. The molecule has 1 N–H and O–H groups in total. The minimum Gasteiger partial charge on any atom is -0.356 e. The van der Waals surface area contributed by atoms with E-state index in [9.17, 15) is 0 Å². The number of hydrogen-bond acceptors (Lipinski definition) is 5. The highest BCUT2D eigenvalue weighted by molar-refractivity contribution is 6.29. The first kappa shape index (κ1) is 17.1. The summed E-state index contributed by atoms with van der Waals surface area (Å²) in [5, 5.41) is 7.94. The quantitative estimate of drug-likeness (QED) is 0.740. The third-order valence-electron chi connectivity index (χ3n) is 5.06. The average Bonchev–Trinajstić information content (AvgIpc) is 3.24. The molecule has 0 radical (unpaired) electrons. The molecule has 4 heterocycles. The Morgan fingerprint density at radius 1 is 1.27 bits per heavy atom. The molecule has 1 saturated heterocycles. The van der Waals surface area contributed by atoms with Crippen LogP contribution in [0.2, 0.25) is 5.15 Å². The number of rotatable bonds is 3. The topological polar surface area (TPSA) is 58.4 Å². The lowest BCUT2D eigenvalue weighted by atomic mass is 9.80. The third kappa shape index (κ3) is 3.33. The van der Waals surface area contributed by atoms with Crippen LogP contribution in [0.3, 0.4) is 0 Å². The molecule has 3 aromatic rings. The Morgan fingerprint density at radius 3 is 2.88 bits per heavy atom. The van der Waals surface area contributed by atoms with Crippen LogP contribution in [0.1, 0.15) is 27.2 Å². The van der Waals surface area contributed by atoms with Gasteiger partial charge in [-0.05, 0) is 29.9 Å². The Hall–Kier alpha value is -2.34. The maximum absolute atomic E-state index is 6.11. The molecule has 0 spiro atoms. The number of anilines is 3. The van der Waals surface area contributed by atoms with E-state index in [-0.39, 0.29) is 0 Å². The second kappa shape index (κ2) is 6.43. The molecular weight excluding hydrogens is 348 g/mol. The van der Waals surface area contributed by atoms with Crippen LogP contribution in [-0.2, 0) is 0 Å². The zero-order chi connectivity index (χ0) is 18.3. The fourth-order valence-electron chi connectivity index (χ4n) is 3.46. The lowest BCUT2D eigenvalue weighted by molar-refractivity contribution is 0.263. The number of pyridine rings is 1. The van der Waals surface area contributed by atoms with Crippen LogP contribution in [0.4, 0.5) is 17.3 Å².